The maximum Gasteiger partial charge on any atom is 0.222 e. The summed E-state index contributed by atoms with van der Waals surface area (Å²) in [5.41, 5.74) is 1.96. The van der Waals surface area contributed by atoms with Gasteiger partial charge in [0, 0.05) is 43.4 Å². The molecule has 0 N–H and O–H groups in total. The topological polar surface area (TPSA) is 38.2 Å². The first kappa shape index (κ1) is 13.7. The zero-order chi connectivity index (χ0) is 12.0. The highest BCUT2D eigenvalue weighted by molar-refractivity contribution is 7.80. The first-order valence-electron chi connectivity index (χ1n) is 4.97. The summed E-state index contributed by atoms with van der Waals surface area (Å²) in [6.07, 6.45) is 1.76. The van der Waals surface area contributed by atoms with E-state index in [0.29, 0.717) is 6.73 Å². The van der Waals surface area contributed by atoms with Gasteiger partial charge < -0.3 is 4.74 Å². The van der Waals surface area contributed by atoms with Crippen molar-refractivity contribution in [3.63, 3.8) is 0 Å². The lowest BCUT2D eigenvalue weighted by atomic mass is 10.2. The molecule has 1 aromatic rings. The van der Waals surface area contributed by atoms with Crippen LogP contribution >= 0.6 is 24.2 Å². The van der Waals surface area contributed by atoms with Gasteiger partial charge in [-0.3, -0.25) is 4.90 Å². The van der Waals surface area contributed by atoms with Crippen molar-refractivity contribution in [1.29, 1.82) is 0 Å². The first-order valence-corrected chi connectivity index (χ1v) is 5.98. The Morgan fingerprint density at radius 2 is 2.31 bits per heavy atom. The average Bonchev–Trinajstić information content (AvgIpc) is 2.23. The lowest BCUT2D eigenvalue weighted by molar-refractivity contribution is 0.0624. The van der Waals surface area contributed by atoms with Crippen molar-refractivity contribution in [2.75, 3.05) is 26.1 Å². The Morgan fingerprint density at radius 3 is 2.88 bits per heavy atom. The van der Waals surface area contributed by atoms with Crippen LogP contribution in [0.4, 0.5) is 0 Å². The van der Waals surface area contributed by atoms with E-state index in [-0.39, 0.29) is 5.28 Å². The standard InChI is InChI=1S/C10H16ClN3OS/c1-8-9(5-12-10(11)13-8)6-14(3-4-16)7-15-2/h5,16H,3-4,6-7H2,1-2H3. The van der Waals surface area contributed by atoms with E-state index in [1.54, 1.807) is 13.3 Å². The summed E-state index contributed by atoms with van der Waals surface area (Å²) < 4.78 is 5.12. The highest BCUT2D eigenvalue weighted by Crippen LogP contribution is 2.10. The fraction of sp³-hybridized carbons (Fsp3) is 0.600. The van der Waals surface area contributed by atoms with Gasteiger partial charge >= 0.3 is 0 Å². The monoisotopic (exact) mass is 261 g/mol. The Kier molecular flexibility index (Phi) is 6.05. The van der Waals surface area contributed by atoms with Crippen molar-refractivity contribution in [1.82, 2.24) is 14.9 Å². The summed E-state index contributed by atoms with van der Waals surface area (Å²) in [7, 11) is 1.68. The number of ether oxygens (including phenoxy) is 1. The van der Waals surface area contributed by atoms with E-state index >= 15 is 0 Å². The van der Waals surface area contributed by atoms with Crippen LogP contribution in [0.15, 0.2) is 6.20 Å². The van der Waals surface area contributed by atoms with Crippen molar-refractivity contribution in [3.8, 4) is 0 Å². The molecule has 0 radical (unpaired) electrons. The van der Waals surface area contributed by atoms with Crippen LogP contribution in [0.3, 0.4) is 0 Å². The Morgan fingerprint density at radius 1 is 1.56 bits per heavy atom. The number of rotatable bonds is 6. The van der Waals surface area contributed by atoms with Gasteiger partial charge in [-0.05, 0) is 18.5 Å². The SMILES string of the molecule is COCN(CCS)Cc1cnc(Cl)nc1C. The summed E-state index contributed by atoms with van der Waals surface area (Å²) in [6.45, 7) is 4.10. The Balaban J connectivity index is 2.68. The highest BCUT2D eigenvalue weighted by Gasteiger charge is 2.08. The molecule has 0 aliphatic carbocycles. The van der Waals surface area contributed by atoms with Gasteiger partial charge in [-0.15, -0.1) is 0 Å². The van der Waals surface area contributed by atoms with Gasteiger partial charge in [0.05, 0.1) is 6.73 Å². The summed E-state index contributed by atoms with van der Waals surface area (Å²) in [5, 5.41) is 0.286. The minimum Gasteiger partial charge on any atom is -0.369 e. The zero-order valence-corrected chi connectivity index (χ0v) is 11.1. The van der Waals surface area contributed by atoms with Crippen LogP contribution < -0.4 is 0 Å². The molecule has 0 aromatic carbocycles. The number of aromatic nitrogens is 2. The Bertz CT molecular complexity index is 332. The fourth-order valence-electron chi connectivity index (χ4n) is 1.37. The van der Waals surface area contributed by atoms with E-state index in [4.69, 9.17) is 16.3 Å². The van der Waals surface area contributed by atoms with Gasteiger partial charge in [-0.25, -0.2) is 9.97 Å². The number of aryl methyl sites for hydroxylation is 1. The van der Waals surface area contributed by atoms with Crippen LogP contribution in [0.5, 0.6) is 0 Å². The lowest BCUT2D eigenvalue weighted by Gasteiger charge is -2.20. The van der Waals surface area contributed by atoms with Crippen molar-refractivity contribution in [2.24, 2.45) is 0 Å². The molecule has 0 saturated heterocycles. The maximum absolute atomic E-state index is 5.70. The molecule has 0 fully saturated rings. The number of methoxy groups -OCH3 is 1. The molecule has 1 rings (SSSR count). The number of halogens is 1. The van der Waals surface area contributed by atoms with Gasteiger partial charge in [0.15, 0.2) is 0 Å². The molecule has 0 spiro atoms. The number of thiol groups is 1. The van der Waals surface area contributed by atoms with Gasteiger partial charge in [-0.1, -0.05) is 0 Å². The van der Waals surface area contributed by atoms with Gasteiger partial charge in [-0.2, -0.15) is 12.6 Å². The number of hydrogen-bond donors (Lipinski definition) is 1. The highest BCUT2D eigenvalue weighted by atomic mass is 35.5. The van der Waals surface area contributed by atoms with E-state index < -0.39 is 0 Å². The van der Waals surface area contributed by atoms with E-state index in [2.05, 4.69) is 27.5 Å². The molecule has 0 atom stereocenters. The predicted molar refractivity (Wildman–Crippen MR) is 67.9 cm³/mol. The minimum atomic E-state index is 0.286. The largest absolute Gasteiger partial charge is 0.369 e. The number of hydrogen-bond acceptors (Lipinski definition) is 5. The smallest absolute Gasteiger partial charge is 0.222 e. The summed E-state index contributed by atoms with van der Waals surface area (Å²) in [6, 6.07) is 0. The van der Waals surface area contributed by atoms with Crippen LogP contribution in [0, 0.1) is 6.92 Å². The third-order valence-electron chi connectivity index (χ3n) is 2.17. The molecule has 0 aliphatic rings. The zero-order valence-electron chi connectivity index (χ0n) is 9.48. The average molecular weight is 262 g/mol. The molecular formula is C10H16ClN3OS. The van der Waals surface area contributed by atoms with Gasteiger partial charge in [0.25, 0.3) is 0 Å². The molecule has 1 heterocycles. The normalized spacial score (nSPS) is 11.1. The minimum absolute atomic E-state index is 0.286. The van der Waals surface area contributed by atoms with Crippen molar-refractivity contribution < 1.29 is 4.74 Å². The summed E-state index contributed by atoms with van der Waals surface area (Å²) in [4.78, 5) is 10.2. The molecule has 0 unspecified atom stereocenters. The molecule has 16 heavy (non-hydrogen) atoms. The lowest BCUT2D eigenvalue weighted by Crippen LogP contribution is -2.28. The van der Waals surface area contributed by atoms with Crippen LogP contribution in [0.1, 0.15) is 11.3 Å². The summed E-state index contributed by atoms with van der Waals surface area (Å²) >= 11 is 9.91. The maximum atomic E-state index is 5.70. The number of nitrogens with zero attached hydrogens (tertiary/aromatic N) is 3. The summed E-state index contributed by atoms with van der Waals surface area (Å²) in [5.74, 6) is 0.789. The van der Waals surface area contributed by atoms with Crippen molar-refractivity contribution in [2.45, 2.75) is 13.5 Å². The third-order valence-corrected chi connectivity index (χ3v) is 2.56. The second-order valence-electron chi connectivity index (χ2n) is 3.44. The Labute approximate surface area is 106 Å². The Hall–Kier alpha value is -0.360. The van der Waals surface area contributed by atoms with Crippen LogP contribution in [-0.2, 0) is 11.3 Å². The first-order chi connectivity index (χ1) is 7.67. The molecule has 90 valence electrons. The molecule has 0 amide bonds. The second kappa shape index (κ2) is 7.06. The van der Waals surface area contributed by atoms with E-state index in [9.17, 15) is 0 Å². The van der Waals surface area contributed by atoms with Gasteiger partial charge in [0.1, 0.15) is 0 Å². The van der Waals surface area contributed by atoms with E-state index in [0.717, 1.165) is 30.1 Å². The van der Waals surface area contributed by atoms with E-state index in [1.165, 1.54) is 0 Å². The van der Waals surface area contributed by atoms with E-state index in [1.807, 2.05) is 6.92 Å². The van der Waals surface area contributed by atoms with Gasteiger partial charge in [0.2, 0.25) is 5.28 Å². The molecule has 0 aliphatic heterocycles. The van der Waals surface area contributed by atoms with Crippen LogP contribution in [-0.4, -0.2) is 41.0 Å². The fourth-order valence-corrected chi connectivity index (χ4v) is 1.83. The predicted octanol–water partition coefficient (Wildman–Crippen LogP) is 1.77. The van der Waals surface area contributed by atoms with Crippen molar-refractivity contribution in [3.05, 3.63) is 22.7 Å². The van der Waals surface area contributed by atoms with Crippen LogP contribution in [0.2, 0.25) is 5.28 Å². The molecule has 1 aromatic heterocycles. The third kappa shape index (κ3) is 4.25. The second-order valence-corrected chi connectivity index (χ2v) is 4.23. The molecule has 4 nitrogen and oxygen atoms in total. The molecule has 0 saturated carbocycles. The van der Waals surface area contributed by atoms with Crippen molar-refractivity contribution >= 4 is 24.2 Å². The molecule has 6 heteroatoms. The molecule has 0 bridgehead atoms. The molecular weight excluding hydrogens is 246 g/mol. The quantitative estimate of drug-likeness (QED) is 0.481. The van der Waals surface area contributed by atoms with Crippen LogP contribution in [0.25, 0.3) is 0 Å².